The van der Waals surface area contributed by atoms with Gasteiger partial charge in [0.2, 0.25) is 10.0 Å². The molecule has 0 unspecified atom stereocenters. The number of aromatic nitrogens is 1. The summed E-state index contributed by atoms with van der Waals surface area (Å²) >= 11 is 0. The highest BCUT2D eigenvalue weighted by atomic mass is 32.2. The number of nitrogens with one attached hydrogen (secondary N) is 1. The Labute approximate surface area is 136 Å². The van der Waals surface area contributed by atoms with Crippen molar-refractivity contribution in [1.82, 2.24) is 14.8 Å². The number of fused-ring (bicyclic) bond motifs is 1. The number of hydrogen-bond donors (Lipinski definition) is 1. The predicted octanol–water partition coefficient (Wildman–Crippen LogP) is 1.98. The van der Waals surface area contributed by atoms with Crippen molar-refractivity contribution in [3.63, 3.8) is 0 Å². The zero-order valence-electron chi connectivity index (χ0n) is 13.4. The number of rotatable bonds is 6. The number of hydrogen-bond acceptors (Lipinski definition) is 5. The molecule has 126 valence electrons. The molecule has 1 aliphatic rings. The van der Waals surface area contributed by atoms with Gasteiger partial charge in [0.15, 0.2) is 5.58 Å². The summed E-state index contributed by atoms with van der Waals surface area (Å²) < 4.78 is 32.1. The molecule has 23 heavy (non-hydrogen) atoms. The Morgan fingerprint density at radius 2 is 2.04 bits per heavy atom. The van der Waals surface area contributed by atoms with Gasteiger partial charge < -0.3 is 9.84 Å². The van der Waals surface area contributed by atoms with Crippen LogP contribution >= 0.6 is 0 Å². The van der Waals surface area contributed by atoms with Crippen molar-refractivity contribution in [1.29, 1.82) is 0 Å². The van der Waals surface area contributed by atoms with Crippen molar-refractivity contribution in [2.75, 3.05) is 26.7 Å². The van der Waals surface area contributed by atoms with Gasteiger partial charge in [0, 0.05) is 18.5 Å². The molecule has 0 amide bonds. The van der Waals surface area contributed by atoms with Crippen LogP contribution < -0.4 is 5.32 Å². The molecule has 1 aliphatic heterocycles. The lowest BCUT2D eigenvalue weighted by Crippen LogP contribution is -2.39. The molecule has 3 rings (SSSR count). The minimum absolute atomic E-state index is 0.0921. The maximum Gasteiger partial charge on any atom is 0.220 e. The van der Waals surface area contributed by atoms with E-state index < -0.39 is 10.0 Å². The second kappa shape index (κ2) is 6.98. The van der Waals surface area contributed by atoms with Crippen molar-refractivity contribution < 1.29 is 12.9 Å². The highest BCUT2D eigenvalue weighted by Crippen LogP contribution is 2.25. The summed E-state index contributed by atoms with van der Waals surface area (Å²) in [4.78, 5) is 0. The third kappa shape index (κ3) is 3.73. The molecular weight excluding hydrogens is 314 g/mol. The molecular formula is C16H23N3O3S. The number of piperidine rings is 1. The summed E-state index contributed by atoms with van der Waals surface area (Å²) in [5.74, 6) is 0.521. The number of para-hydroxylation sites is 1. The SMILES string of the molecule is CNCCC1CCN(S(=O)(=O)Cc2noc3ccccc23)CC1. The largest absolute Gasteiger partial charge is 0.356 e. The second-order valence-electron chi connectivity index (χ2n) is 6.12. The second-order valence-corrected chi connectivity index (χ2v) is 8.09. The normalized spacial score (nSPS) is 17.8. The number of nitrogens with zero attached hydrogens (tertiary/aromatic N) is 2. The maximum atomic E-state index is 12.6. The first-order chi connectivity index (χ1) is 11.1. The monoisotopic (exact) mass is 337 g/mol. The third-order valence-corrected chi connectivity index (χ3v) is 6.33. The third-order valence-electron chi connectivity index (χ3n) is 4.54. The Kier molecular flexibility index (Phi) is 4.99. The average molecular weight is 337 g/mol. The Balaban J connectivity index is 1.66. The molecule has 1 N–H and O–H groups in total. The molecule has 0 spiro atoms. The number of sulfonamides is 1. The van der Waals surface area contributed by atoms with Crippen molar-refractivity contribution in [2.45, 2.75) is 25.0 Å². The fourth-order valence-corrected chi connectivity index (χ4v) is 4.63. The van der Waals surface area contributed by atoms with E-state index in [1.165, 1.54) is 0 Å². The molecule has 2 aromatic rings. The van der Waals surface area contributed by atoms with Crippen LogP contribution in [0.3, 0.4) is 0 Å². The van der Waals surface area contributed by atoms with Gasteiger partial charge in [0.25, 0.3) is 0 Å². The lowest BCUT2D eigenvalue weighted by atomic mass is 9.95. The van der Waals surface area contributed by atoms with E-state index in [-0.39, 0.29) is 5.75 Å². The Hall–Kier alpha value is -1.44. The summed E-state index contributed by atoms with van der Waals surface area (Å²) in [5.41, 5.74) is 1.13. The van der Waals surface area contributed by atoms with Crippen LogP contribution in [0.4, 0.5) is 0 Å². The fraction of sp³-hybridized carbons (Fsp3) is 0.562. The molecule has 0 atom stereocenters. The van der Waals surface area contributed by atoms with E-state index in [2.05, 4.69) is 10.5 Å². The van der Waals surface area contributed by atoms with E-state index in [9.17, 15) is 8.42 Å². The Morgan fingerprint density at radius 3 is 2.78 bits per heavy atom. The minimum atomic E-state index is -3.35. The maximum absolute atomic E-state index is 12.6. The van der Waals surface area contributed by atoms with Crippen LogP contribution in [0.1, 0.15) is 25.0 Å². The lowest BCUT2D eigenvalue weighted by molar-refractivity contribution is 0.262. The highest BCUT2D eigenvalue weighted by Gasteiger charge is 2.29. The quantitative estimate of drug-likeness (QED) is 0.872. The Bertz CT molecular complexity index is 749. The van der Waals surface area contributed by atoms with Gasteiger partial charge in [-0.3, -0.25) is 0 Å². The summed E-state index contributed by atoms with van der Waals surface area (Å²) in [5, 5.41) is 7.87. The van der Waals surface area contributed by atoms with Crippen molar-refractivity contribution in [3.05, 3.63) is 30.0 Å². The summed E-state index contributed by atoms with van der Waals surface area (Å²) in [6, 6.07) is 7.36. The topological polar surface area (TPSA) is 75.4 Å². The molecule has 1 aromatic heterocycles. The van der Waals surface area contributed by atoms with Crippen LogP contribution in [0.25, 0.3) is 11.0 Å². The predicted molar refractivity (Wildman–Crippen MR) is 89.5 cm³/mol. The molecule has 1 aromatic carbocycles. The molecule has 0 bridgehead atoms. The van der Waals surface area contributed by atoms with E-state index >= 15 is 0 Å². The summed E-state index contributed by atoms with van der Waals surface area (Å²) in [6.07, 6.45) is 2.97. The molecule has 6 nitrogen and oxygen atoms in total. The average Bonchev–Trinajstić information content (AvgIpc) is 2.96. The van der Waals surface area contributed by atoms with Crippen molar-refractivity contribution in [3.8, 4) is 0 Å². The van der Waals surface area contributed by atoms with Gasteiger partial charge in [-0.05, 0) is 50.9 Å². The van der Waals surface area contributed by atoms with Gasteiger partial charge in [0.1, 0.15) is 11.4 Å². The van der Waals surface area contributed by atoms with E-state index in [1.54, 1.807) is 10.4 Å². The van der Waals surface area contributed by atoms with Crippen LogP contribution in [-0.2, 0) is 15.8 Å². The zero-order chi connectivity index (χ0) is 16.3. The first kappa shape index (κ1) is 16.4. The molecule has 1 fully saturated rings. The first-order valence-corrected chi connectivity index (χ1v) is 9.67. The zero-order valence-corrected chi connectivity index (χ0v) is 14.2. The summed E-state index contributed by atoms with van der Waals surface area (Å²) in [6.45, 7) is 2.20. The Morgan fingerprint density at radius 1 is 1.30 bits per heavy atom. The fourth-order valence-electron chi connectivity index (χ4n) is 3.13. The molecule has 0 aliphatic carbocycles. The smallest absolute Gasteiger partial charge is 0.220 e. The molecule has 2 heterocycles. The molecule has 0 radical (unpaired) electrons. The van der Waals surface area contributed by atoms with Crippen LogP contribution in [0.15, 0.2) is 28.8 Å². The standard InChI is InChI=1S/C16H23N3O3S/c1-17-9-6-13-7-10-19(11-8-13)23(20,21)12-15-14-4-2-3-5-16(14)22-18-15/h2-5,13,17H,6-12H2,1H3. The van der Waals surface area contributed by atoms with Crippen LogP contribution in [0.2, 0.25) is 0 Å². The van der Waals surface area contributed by atoms with Gasteiger partial charge in [-0.15, -0.1) is 0 Å². The van der Waals surface area contributed by atoms with Crippen molar-refractivity contribution in [2.24, 2.45) is 5.92 Å². The van der Waals surface area contributed by atoms with Crippen LogP contribution in [0, 0.1) is 5.92 Å². The minimum Gasteiger partial charge on any atom is -0.356 e. The van der Waals surface area contributed by atoms with Gasteiger partial charge >= 0.3 is 0 Å². The van der Waals surface area contributed by atoms with E-state index in [0.29, 0.717) is 30.3 Å². The molecule has 0 saturated carbocycles. The van der Waals surface area contributed by atoms with Crippen molar-refractivity contribution >= 4 is 21.0 Å². The van der Waals surface area contributed by atoms with Gasteiger partial charge in [-0.25, -0.2) is 12.7 Å². The molecule has 7 heteroatoms. The highest BCUT2D eigenvalue weighted by molar-refractivity contribution is 7.88. The van der Waals surface area contributed by atoms with E-state index in [4.69, 9.17) is 4.52 Å². The first-order valence-electron chi connectivity index (χ1n) is 8.06. The van der Waals surface area contributed by atoms with Crippen LogP contribution in [0.5, 0.6) is 0 Å². The van der Waals surface area contributed by atoms with Gasteiger partial charge in [-0.2, -0.15) is 0 Å². The lowest BCUT2D eigenvalue weighted by Gasteiger charge is -2.31. The van der Waals surface area contributed by atoms with E-state index in [1.807, 2.05) is 25.2 Å². The van der Waals surface area contributed by atoms with Crippen LogP contribution in [-0.4, -0.2) is 44.6 Å². The van der Waals surface area contributed by atoms with E-state index in [0.717, 1.165) is 31.2 Å². The summed E-state index contributed by atoms with van der Waals surface area (Å²) in [7, 11) is -1.40. The molecule has 1 saturated heterocycles. The van der Waals surface area contributed by atoms with Gasteiger partial charge in [0.05, 0.1) is 0 Å². The number of benzene rings is 1. The van der Waals surface area contributed by atoms with Gasteiger partial charge in [-0.1, -0.05) is 17.3 Å².